The van der Waals surface area contributed by atoms with Crippen LogP contribution in [0.3, 0.4) is 0 Å². The summed E-state index contributed by atoms with van der Waals surface area (Å²) in [6, 6.07) is 5.11. The van der Waals surface area contributed by atoms with Crippen molar-refractivity contribution in [2.75, 3.05) is 27.2 Å². The Bertz CT molecular complexity index is 459. The molecule has 0 radical (unpaired) electrons. The van der Waals surface area contributed by atoms with E-state index in [0.29, 0.717) is 17.1 Å². The van der Waals surface area contributed by atoms with Crippen LogP contribution in [0, 0.1) is 6.92 Å². The Balaban J connectivity index is 2.65. The molecule has 4 nitrogen and oxygen atoms in total. The lowest BCUT2D eigenvalue weighted by atomic mass is 10.1. The summed E-state index contributed by atoms with van der Waals surface area (Å²) in [7, 11) is 3.75. The first-order chi connectivity index (χ1) is 8.71. The van der Waals surface area contributed by atoms with E-state index in [0.717, 1.165) is 5.56 Å². The number of benzene rings is 1. The maximum absolute atomic E-state index is 12.0. The minimum absolute atomic E-state index is 0.200. The van der Waals surface area contributed by atoms with E-state index in [2.05, 4.69) is 5.32 Å². The minimum atomic E-state index is -0.959. The summed E-state index contributed by atoms with van der Waals surface area (Å²) in [6.07, 6.45) is 0. The van der Waals surface area contributed by atoms with Gasteiger partial charge >= 0.3 is 0 Å². The SMILES string of the molecule is Cc1cc(Cl)ccc1C(=O)NCC(C)(O)CN(C)C. The van der Waals surface area contributed by atoms with E-state index in [4.69, 9.17) is 11.6 Å². The minimum Gasteiger partial charge on any atom is -0.387 e. The lowest BCUT2D eigenvalue weighted by molar-refractivity contribution is 0.0326. The van der Waals surface area contributed by atoms with Crippen LogP contribution in [0.4, 0.5) is 0 Å². The van der Waals surface area contributed by atoms with E-state index < -0.39 is 5.60 Å². The first kappa shape index (κ1) is 16.0. The highest BCUT2D eigenvalue weighted by Gasteiger charge is 2.22. The number of nitrogens with one attached hydrogen (secondary N) is 1. The number of nitrogens with zero attached hydrogens (tertiary/aromatic N) is 1. The molecule has 2 N–H and O–H groups in total. The molecule has 0 aromatic heterocycles. The molecule has 0 heterocycles. The summed E-state index contributed by atoms with van der Waals surface area (Å²) in [5.41, 5.74) is 0.432. The third kappa shape index (κ3) is 5.19. The zero-order chi connectivity index (χ0) is 14.6. The molecule has 0 fully saturated rings. The molecule has 0 aliphatic rings. The van der Waals surface area contributed by atoms with Gasteiger partial charge in [-0.3, -0.25) is 4.79 Å². The molecule has 0 saturated heterocycles. The van der Waals surface area contributed by atoms with Crippen molar-refractivity contribution < 1.29 is 9.90 Å². The molecule has 106 valence electrons. The van der Waals surface area contributed by atoms with Gasteiger partial charge in [0.15, 0.2) is 0 Å². The van der Waals surface area contributed by atoms with Crippen molar-refractivity contribution in [3.05, 3.63) is 34.3 Å². The Morgan fingerprint density at radius 2 is 2.11 bits per heavy atom. The summed E-state index contributed by atoms with van der Waals surface area (Å²) in [6.45, 7) is 4.21. The topological polar surface area (TPSA) is 52.6 Å². The van der Waals surface area contributed by atoms with Gasteiger partial charge in [0.1, 0.15) is 0 Å². The van der Waals surface area contributed by atoms with E-state index in [1.807, 2.05) is 25.9 Å². The zero-order valence-corrected chi connectivity index (χ0v) is 12.6. The number of likely N-dealkylation sites (N-methyl/N-ethyl adjacent to an activating group) is 1. The van der Waals surface area contributed by atoms with Gasteiger partial charge in [-0.1, -0.05) is 11.6 Å². The highest BCUT2D eigenvalue weighted by atomic mass is 35.5. The Labute approximate surface area is 119 Å². The van der Waals surface area contributed by atoms with Crippen molar-refractivity contribution >= 4 is 17.5 Å². The summed E-state index contributed by atoms with van der Waals surface area (Å²) >= 11 is 5.85. The smallest absolute Gasteiger partial charge is 0.251 e. The molecule has 0 saturated carbocycles. The second kappa shape index (κ2) is 6.37. The van der Waals surface area contributed by atoms with E-state index in [9.17, 15) is 9.90 Å². The Hall–Kier alpha value is -1.10. The Morgan fingerprint density at radius 3 is 2.63 bits per heavy atom. The van der Waals surface area contributed by atoms with Gasteiger partial charge in [-0.05, 0) is 51.7 Å². The first-order valence-corrected chi connectivity index (χ1v) is 6.50. The average Bonchev–Trinajstić information content (AvgIpc) is 2.24. The summed E-state index contributed by atoms with van der Waals surface area (Å²) in [5.74, 6) is -0.201. The standard InChI is InChI=1S/C14H21ClN2O2/c1-10-7-11(15)5-6-12(10)13(18)16-8-14(2,19)9-17(3)4/h5-7,19H,8-9H2,1-4H3,(H,16,18). The molecule has 1 aromatic carbocycles. The summed E-state index contributed by atoms with van der Waals surface area (Å²) in [5, 5.41) is 13.5. The molecule has 1 amide bonds. The van der Waals surface area contributed by atoms with Gasteiger partial charge in [-0.15, -0.1) is 0 Å². The van der Waals surface area contributed by atoms with Crippen LogP contribution in [-0.4, -0.2) is 48.7 Å². The van der Waals surface area contributed by atoms with Gasteiger partial charge in [0.25, 0.3) is 5.91 Å². The number of carbonyl (C=O) groups excluding carboxylic acids is 1. The molecule has 0 spiro atoms. The summed E-state index contributed by atoms with van der Waals surface area (Å²) < 4.78 is 0. The summed E-state index contributed by atoms with van der Waals surface area (Å²) in [4.78, 5) is 13.9. The van der Waals surface area contributed by atoms with Crippen LogP contribution in [-0.2, 0) is 0 Å². The molecule has 1 unspecified atom stereocenters. The molecular formula is C14H21ClN2O2. The van der Waals surface area contributed by atoms with E-state index in [1.54, 1.807) is 25.1 Å². The third-order valence-electron chi connectivity index (χ3n) is 2.72. The Kier molecular flexibility index (Phi) is 5.35. The van der Waals surface area contributed by atoms with Crippen LogP contribution < -0.4 is 5.32 Å². The number of aliphatic hydroxyl groups is 1. The van der Waals surface area contributed by atoms with E-state index in [-0.39, 0.29) is 12.5 Å². The highest BCUT2D eigenvalue weighted by molar-refractivity contribution is 6.30. The second-order valence-corrected chi connectivity index (χ2v) is 5.81. The fourth-order valence-corrected chi connectivity index (χ4v) is 2.21. The number of hydrogen-bond donors (Lipinski definition) is 2. The van der Waals surface area contributed by atoms with Crippen LogP contribution >= 0.6 is 11.6 Å². The van der Waals surface area contributed by atoms with Crippen LogP contribution in [0.15, 0.2) is 18.2 Å². The first-order valence-electron chi connectivity index (χ1n) is 6.13. The normalized spacial score (nSPS) is 14.3. The monoisotopic (exact) mass is 284 g/mol. The van der Waals surface area contributed by atoms with Gasteiger partial charge in [-0.2, -0.15) is 0 Å². The van der Waals surface area contributed by atoms with Crippen LogP contribution in [0.25, 0.3) is 0 Å². The number of amides is 1. The molecule has 0 aliphatic carbocycles. The van der Waals surface area contributed by atoms with Crippen molar-refractivity contribution in [3.8, 4) is 0 Å². The molecule has 19 heavy (non-hydrogen) atoms. The molecule has 1 rings (SSSR count). The number of halogens is 1. The lowest BCUT2D eigenvalue weighted by Gasteiger charge is -2.27. The molecule has 0 aliphatic heterocycles. The van der Waals surface area contributed by atoms with Crippen molar-refractivity contribution in [1.29, 1.82) is 0 Å². The van der Waals surface area contributed by atoms with Crippen molar-refractivity contribution in [1.82, 2.24) is 10.2 Å². The number of aryl methyl sites for hydroxylation is 1. The predicted octanol–water partition coefficient (Wildman–Crippen LogP) is 1.69. The van der Waals surface area contributed by atoms with Crippen molar-refractivity contribution in [2.24, 2.45) is 0 Å². The van der Waals surface area contributed by atoms with Gasteiger partial charge < -0.3 is 15.3 Å². The van der Waals surface area contributed by atoms with E-state index >= 15 is 0 Å². The maximum Gasteiger partial charge on any atom is 0.251 e. The fourth-order valence-electron chi connectivity index (χ4n) is 1.98. The van der Waals surface area contributed by atoms with Gasteiger partial charge in [0.05, 0.1) is 5.60 Å². The number of rotatable bonds is 5. The Morgan fingerprint density at radius 1 is 1.47 bits per heavy atom. The molecule has 1 atom stereocenters. The average molecular weight is 285 g/mol. The second-order valence-electron chi connectivity index (χ2n) is 5.38. The fraction of sp³-hybridized carbons (Fsp3) is 0.500. The molecule has 0 bridgehead atoms. The molecule has 5 heteroatoms. The van der Waals surface area contributed by atoms with Crippen LogP contribution in [0.5, 0.6) is 0 Å². The lowest BCUT2D eigenvalue weighted by Crippen LogP contribution is -2.47. The number of hydrogen-bond acceptors (Lipinski definition) is 3. The zero-order valence-electron chi connectivity index (χ0n) is 11.8. The molecular weight excluding hydrogens is 264 g/mol. The van der Waals surface area contributed by atoms with Crippen molar-refractivity contribution in [3.63, 3.8) is 0 Å². The molecule has 1 aromatic rings. The van der Waals surface area contributed by atoms with Crippen molar-refractivity contribution in [2.45, 2.75) is 19.4 Å². The number of carbonyl (C=O) groups is 1. The highest BCUT2D eigenvalue weighted by Crippen LogP contribution is 2.15. The van der Waals surface area contributed by atoms with Gasteiger partial charge in [0, 0.05) is 23.7 Å². The van der Waals surface area contributed by atoms with Gasteiger partial charge in [-0.25, -0.2) is 0 Å². The predicted molar refractivity (Wildman–Crippen MR) is 77.7 cm³/mol. The van der Waals surface area contributed by atoms with Crippen LogP contribution in [0.2, 0.25) is 5.02 Å². The van der Waals surface area contributed by atoms with Crippen LogP contribution in [0.1, 0.15) is 22.8 Å². The largest absolute Gasteiger partial charge is 0.387 e. The van der Waals surface area contributed by atoms with E-state index in [1.165, 1.54) is 0 Å². The quantitative estimate of drug-likeness (QED) is 0.865. The maximum atomic E-state index is 12.0. The van der Waals surface area contributed by atoms with Gasteiger partial charge in [0.2, 0.25) is 0 Å². The third-order valence-corrected chi connectivity index (χ3v) is 2.95.